The molecule has 1 atom stereocenters. The van der Waals surface area contributed by atoms with E-state index in [0.29, 0.717) is 12.6 Å². The minimum atomic E-state index is 0.0898. The molecule has 1 unspecified atom stereocenters. The van der Waals surface area contributed by atoms with Crippen LogP contribution in [0.15, 0.2) is 48.5 Å². The van der Waals surface area contributed by atoms with E-state index in [1.54, 1.807) is 0 Å². The molecule has 0 spiro atoms. The zero-order valence-corrected chi connectivity index (χ0v) is 18.8. The number of hydrogen-bond donors (Lipinski definition) is 4. The van der Waals surface area contributed by atoms with Gasteiger partial charge in [0.25, 0.3) is 0 Å². The fourth-order valence-electron chi connectivity index (χ4n) is 3.42. The van der Waals surface area contributed by atoms with Crippen LogP contribution >= 0.6 is 0 Å². The summed E-state index contributed by atoms with van der Waals surface area (Å²) in [6, 6.07) is 17.2. The summed E-state index contributed by atoms with van der Waals surface area (Å²) >= 11 is 0. The van der Waals surface area contributed by atoms with Crippen molar-refractivity contribution in [3.8, 4) is 0 Å². The van der Waals surface area contributed by atoms with Crippen molar-refractivity contribution in [1.29, 1.82) is 0 Å². The second-order valence-electron chi connectivity index (χ2n) is 6.54. The first-order valence-corrected chi connectivity index (χ1v) is 10.6. The molecule has 0 heterocycles. The van der Waals surface area contributed by atoms with Crippen LogP contribution in [-0.2, 0) is 13.0 Å². The number of aliphatic hydroxyl groups excluding tert-OH is 1. The van der Waals surface area contributed by atoms with Gasteiger partial charge in [0.1, 0.15) is 0 Å². The SMILES string of the molecule is CCc1ccc(CO)c(C(CCCN(CC)CN)c2ccccc2)c1.CN.CN. The molecule has 0 aliphatic heterocycles. The average molecular weight is 403 g/mol. The second kappa shape index (κ2) is 17.1. The lowest BCUT2D eigenvalue weighted by Gasteiger charge is -2.24. The van der Waals surface area contributed by atoms with E-state index in [2.05, 4.69) is 78.7 Å². The van der Waals surface area contributed by atoms with Crippen molar-refractivity contribution in [2.75, 3.05) is 33.9 Å². The third-order valence-electron chi connectivity index (χ3n) is 5.04. The standard InChI is InChI=1S/C22H32N2O.2CH5N/c1-3-18-12-13-20(16-25)22(15-18)21(19-9-6-5-7-10-19)11-8-14-24(4-2)17-23;2*1-2/h5-7,9-10,12-13,15,21,25H,3-4,8,11,14,16-17,23H2,1-2H3;2*2H2,1H3. The first kappa shape index (κ1) is 27.2. The Bertz CT molecular complexity index is 630. The molecule has 2 aromatic rings. The monoisotopic (exact) mass is 402 g/mol. The zero-order chi connectivity index (χ0) is 22.1. The van der Waals surface area contributed by atoms with Crippen LogP contribution in [0.5, 0.6) is 0 Å². The molecule has 0 amide bonds. The first-order chi connectivity index (χ1) is 14.2. The maximum Gasteiger partial charge on any atom is 0.0684 e. The molecule has 0 fully saturated rings. The van der Waals surface area contributed by atoms with E-state index in [4.69, 9.17) is 5.73 Å². The van der Waals surface area contributed by atoms with Crippen LogP contribution in [-0.4, -0.2) is 43.9 Å². The lowest BCUT2D eigenvalue weighted by atomic mass is 9.84. The van der Waals surface area contributed by atoms with E-state index in [1.165, 1.54) is 30.8 Å². The maximum atomic E-state index is 9.84. The fourth-order valence-corrected chi connectivity index (χ4v) is 3.42. The van der Waals surface area contributed by atoms with Crippen molar-refractivity contribution in [3.05, 3.63) is 70.8 Å². The number of hydrogen-bond acceptors (Lipinski definition) is 5. The summed E-state index contributed by atoms with van der Waals surface area (Å²) < 4.78 is 0. The Kier molecular flexibility index (Phi) is 16.1. The molecule has 5 nitrogen and oxygen atoms in total. The Morgan fingerprint density at radius 2 is 1.62 bits per heavy atom. The van der Waals surface area contributed by atoms with Gasteiger partial charge in [-0.25, -0.2) is 0 Å². The number of aryl methyl sites for hydroxylation is 1. The number of nitrogens with zero attached hydrogens (tertiary/aromatic N) is 1. The summed E-state index contributed by atoms with van der Waals surface area (Å²) in [5, 5.41) is 9.84. The van der Waals surface area contributed by atoms with Crippen LogP contribution in [0.2, 0.25) is 0 Å². The molecule has 2 aromatic carbocycles. The topological polar surface area (TPSA) is 102 Å². The molecule has 0 saturated carbocycles. The summed E-state index contributed by atoms with van der Waals surface area (Å²) in [6.45, 7) is 7.02. The molecule has 0 radical (unpaired) electrons. The quantitative estimate of drug-likeness (QED) is 0.458. The van der Waals surface area contributed by atoms with Gasteiger partial charge >= 0.3 is 0 Å². The van der Waals surface area contributed by atoms with Crippen LogP contribution in [0.25, 0.3) is 0 Å². The van der Waals surface area contributed by atoms with Crippen molar-refractivity contribution in [2.45, 2.75) is 45.6 Å². The predicted octanol–water partition coefficient (Wildman–Crippen LogP) is 3.04. The van der Waals surface area contributed by atoms with Gasteiger partial charge in [-0.1, -0.05) is 62.4 Å². The van der Waals surface area contributed by atoms with Gasteiger partial charge in [0.2, 0.25) is 0 Å². The van der Waals surface area contributed by atoms with Crippen molar-refractivity contribution in [3.63, 3.8) is 0 Å². The summed E-state index contributed by atoms with van der Waals surface area (Å²) in [5.74, 6) is 0.311. The van der Waals surface area contributed by atoms with Crippen molar-refractivity contribution < 1.29 is 5.11 Å². The summed E-state index contributed by atoms with van der Waals surface area (Å²) in [5.41, 5.74) is 19.8. The van der Waals surface area contributed by atoms with Gasteiger partial charge in [0.15, 0.2) is 0 Å². The molecule has 7 N–H and O–H groups in total. The molecule has 0 aliphatic carbocycles. The molecular formula is C24H42N4O. The van der Waals surface area contributed by atoms with E-state index >= 15 is 0 Å². The third-order valence-corrected chi connectivity index (χ3v) is 5.04. The van der Waals surface area contributed by atoms with Crippen molar-refractivity contribution in [1.82, 2.24) is 4.90 Å². The first-order valence-electron chi connectivity index (χ1n) is 10.6. The van der Waals surface area contributed by atoms with E-state index in [-0.39, 0.29) is 6.61 Å². The van der Waals surface area contributed by atoms with E-state index < -0.39 is 0 Å². The Labute approximate surface area is 177 Å². The molecule has 0 bridgehead atoms. The number of nitrogens with two attached hydrogens (primary N) is 3. The van der Waals surface area contributed by atoms with Crippen molar-refractivity contribution >= 4 is 0 Å². The molecule has 0 aliphatic rings. The van der Waals surface area contributed by atoms with E-state index in [1.807, 2.05) is 0 Å². The average Bonchev–Trinajstić information content (AvgIpc) is 2.82. The van der Waals surface area contributed by atoms with Crippen LogP contribution in [0.3, 0.4) is 0 Å². The highest BCUT2D eigenvalue weighted by Gasteiger charge is 2.18. The Morgan fingerprint density at radius 1 is 0.966 bits per heavy atom. The predicted molar refractivity (Wildman–Crippen MR) is 126 cm³/mol. The highest BCUT2D eigenvalue weighted by Crippen LogP contribution is 2.32. The summed E-state index contributed by atoms with van der Waals surface area (Å²) in [6.07, 6.45) is 3.16. The lowest BCUT2D eigenvalue weighted by Crippen LogP contribution is -2.30. The van der Waals surface area contributed by atoms with Gasteiger partial charge in [-0.15, -0.1) is 0 Å². The minimum absolute atomic E-state index is 0.0898. The van der Waals surface area contributed by atoms with Crippen LogP contribution in [0.1, 0.15) is 54.9 Å². The fraction of sp³-hybridized carbons (Fsp3) is 0.500. The van der Waals surface area contributed by atoms with Gasteiger partial charge in [-0.05, 0) is 68.7 Å². The Balaban J connectivity index is 0.00000184. The molecular weight excluding hydrogens is 360 g/mol. The second-order valence-corrected chi connectivity index (χ2v) is 6.54. The van der Waals surface area contributed by atoms with Gasteiger partial charge in [-0.2, -0.15) is 0 Å². The summed E-state index contributed by atoms with van der Waals surface area (Å²) in [4.78, 5) is 2.26. The molecule has 2 rings (SSSR count). The maximum absolute atomic E-state index is 9.84. The molecule has 0 saturated heterocycles. The van der Waals surface area contributed by atoms with Gasteiger partial charge < -0.3 is 22.3 Å². The zero-order valence-electron chi connectivity index (χ0n) is 18.8. The molecule has 5 heteroatoms. The van der Waals surface area contributed by atoms with Crippen LogP contribution in [0.4, 0.5) is 0 Å². The van der Waals surface area contributed by atoms with E-state index in [9.17, 15) is 5.11 Å². The Morgan fingerprint density at radius 3 is 2.14 bits per heavy atom. The largest absolute Gasteiger partial charge is 0.392 e. The van der Waals surface area contributed by atoms with Gasteiger partial charge in [-0.3, -0.25) is 4.90 Å². The highest BCUT2D eigenvalue weighted by atomic mass is 16.3. The van der Waals surface area contributed by atoms with E-state index in [0.717, 1.165) is 37.9 Å². The smallest absolute Gasteiger partial charge is 0.0684 e. The van der Waals surface area contributed by atoms with Gasteiger partial charge in [0.05, 0.1) is 6.61 Å². The number of benzene rings is 2. The molecule has 0 aromatic heterocycles. The van der Waals surface area contributed by atoms with Gasteiger partial charge in [0, 0.05) is 12.6 Å². The third kappa shape index (κ3) is 9.07. The Hall–Kier alpha value is -1.76. The normalized spacial score (nSPS) is 11.2. The minimum Gasteiger partial charge on any atom is -0.392 e. The van der Waals surface area contributed by atoms with Crippen LogP contribution < -0.4 is 17.2 Å². The molecule has 29 heavy (non-hydrogen) atoms. The molecule has 164 valence electrons. The lowest BCUT2D eigenvalue weighted by molar-refractivity contribution is 0.278. The highest BCUT2D eigenvalue weighted by molar-refractivity contribution is 5.40. The summed E-state index contributed by atoms with van der Waals surface area (Å²) in [7, 11) is 3.00. The van der Waals surface area contributed by atoms with Crippen LogP contribution in [0, 0.1) is 0 Å². The number of rotatable bonds is 10. The van der Waals surface area contributed by atoms with Crippen molar-refractivity contribution in [2.24, 2.45) is 17.2 Å². The number of aliphatic hydroxyl groups is 1.